The van der Waals surface area contributed by atoms with Gasteiger partial charge in [0.25, 0.3) is 5.91 Å². The number of aromatic amines is 1. The minimum atomic E-state index is 0.0300. The van der Waals surface area contributed by atoms with Crippen molar-refractivity contribution in [2.45, 2.75) is 26.3 Å². The Hall–Kier alpha value is -1.37. The number of carbonyl (C=O) groups excluding carboxylic acids is 1. The van der Waals surface area contributed by atoms with Gasteiger partial charge in [-0.25, -0.2) is 0 Å². The lowest BCUT2D eigenvalue weighted by molar-refractivity contribution is 0.0624. The van der Waals surface area contributed by atoms with Gasteiger partial charge in [-0.05, 0) is 24.6 Å². The number of aryl methyl sites for hydroxylation is 1. The third-order valence-corrected chi connectivity index (χ3v) is 5.25. The van der Waals surface area contributed by atoms with Crippen LogP contribution in [0.4, 0.5) is 0 Å². The van der Waals surface area contributed by atoms with Crippen molar-refractivity contribution in [3.05, 3.63) is 38.8 Å². The van der Waals surface area contributed by atoms with Crippen LogP contribution in [0.25, 0.3) is 0 Å². The van der Waals surface area contributed by atoms with Crippen molar-refractivity contribution in [3.8, 4) is 0 Å². The van der Waals surface area contributed by atoms with Gasteiger partial charge in [-0.1, -0.05) is 24.9 Å². The van der Waals surface area contributed by atoms with Crippen LogP contribution in [0.15, 0.2) is 18.2 Å². The smallest absolute Gasteiger partial charge is 0.274 e. The van der Waals surface area contributed by atoms with Crippen LogP contribution in [-0.4, -0.2) is 52.1 Å². The van der Waals surface area contributed by atoms with Crippen molar-refractivity contribution < 1.29 is 4.79 Å². The maximum Gasteiger partial charge on any atom is 0.274 e. The lowest BCUT2D eigenvalue weighted by Crippen LogP contribution is -2.48. The zero-order valence-corrected chi connectivity index (χ0v) is 14.8. The number of nitrogens with zero attached hydrogens (tertiary/aromatic N) is 3. The minimum Gasteiger partial charge on any atom is -0.335 e. The average molecular weight is 353 g/mol. The molecular formula is C16H21ClN4OS. The molecule has 0 saturated carbocycles. The van der Waals surface area contributed by atoms with Gasteiger partial charge >= 0.3 is 0 Å². The standard InChI is InChI=1S/C16H21ClN4OS/c1-2-3-12-10-14(19-18-12)16(22)21-8-6-20(7-9-21)11-13-4-5-15(17)23-13/h4-5,10H,2-3,6-9,11H2,1H3,(H,18,19). The Morgan fingerprint density at radius 2 is 2.13 bits per heavy atom. The van der Waals surface area contributed by atoms with Crippen LogP contribution in [0.3, 0.4) is 0 Å². The van der Waals surface area contributed by atoms with Crippen LogP contribution in [0.5, 0.6) is 0 Å². The molecule has 0 spiro atoms. The van der Waals surface area contributed by atoms with Gasteiger partial charge in [0.1, 0.15) is 5.69 Å². The van der Waals surface area contributed by atoms with E-state index in [1.54, 1.807) is 11.3 Å². The Balaban J connectivity index is 1.52. The zero-order chi connectivity index (χ0) is 16.2. The third kappa shape index (κ3) is 4.13. The van der Waals surface area contributed by atoms with Crippen molar-refractivity contribution in [2.75, 3.05) is 26.2 Å². The molecule has 0 aromatic carbocycles. The molecule has 1 aliphatic rings. The summed E-state index contributed by atoms with van der Waals surface area (Å²) >= 11 is 7.59. The molecule has 0 radical (unpaired) electrons. The third-order valence-electron chi connectivity index (χ3n) is 4.04. The molecule has 7 heteroatoms. The van der Waals surface area contributed by atoms with E-state index in [0.29, 0.717) is 5.69 Å². The molecule has 0 bridgehead atoms. The second-order valence-electron chi connectivity index (χ2n) is 5.80. The predicted molar refractivity (Wildman–Crippen MR) is 93.1 cm³/mol. The number of rotatable bonds is 5. The number of piperazine rings is 1. The first kappa shape index (κ1) is 16.5. The second kappa shape index (κ2) is 7.47. The van der Waals surface area contributed by atoms with Crippen LogP contribution in [-0.2, 0) is 13.0 Å². The summed E-state index contributed by atoms with van der Waals surface area (Å²) in [6.45, 7) is 6.27. The highest BCUT2D eigenvalue weighted by Crippen LogP contribution is 2.23. The fourth-order valence-corrected chi connectivity index (χ4v) is 3.93. The summed E-state index contributed by atoms with van der Waals surface area (Å²) in [5.74, 6) is 0.0300. The number of carbonyl (C=O) groups is 1. The largest absolute Gasteiger partial charge is 0.335 e. The molecule has 0 unspecified atom stereocenters. The van der Waals surface area contributed by atoms with E-state index in [4.69, 9.17) is 11.6 Å². The average Bonchev–Trinajstić information content (AvgIpc) is 3.17. The number of H-pyrrole nitrogens is 1. The molecule has 2 aromatic heterocycles. The van der Waals surface area contributed by atoms with Crippen LogP contribution >= 0.6 is 22.9 Å². The summed E-state index contributed by atoms with van der Waals surface area (Å²) < 4.78 is 0.829. The van der Waals surface area contributed by atoms with Crippen molar-refractivity contribution in [3.63, 3.8) is 0 Å². The molecule has 1 aliphatic heterocycles. The van der Waals surface area contributed by atoms with E-state index >= 15 is 0 Å². The lowest BCUT2D eigenvalue weighted by Gasteiger charge is -2.34. The van der Waals surface area contributed by atoms with Crippen molar-refractivity contribution >= 4 is 28.8 Å². The fourth-order valence-electron chi connectivity index (χ4n) is 2.80. The summed E-state index contributed by atoms with van der Waals surface area (Å²) in [6, 6.07) is 5.89. The first-order chi connectivity index (χ1) is 11.2. The molecule has 124 valence electrons. The number of halogens is 1. The van der Waals surface area contributed by atoms with Gasteiger partial charge in [0, 0.05) is 43.3 Å². The van der Waals surface area contributed by atoms with Crippen molar-refractivity contribution in [1.82, 2.24) is 20.0 Å². The normalized spacial score (nSPS) is 16.0. The van der Waals surface area contributed by atoms with Gasteiger partial charge in [0.2, 0.25) is 0 Å². The molecule has 1 saturated heterocycles. The van der Waals surface area contributed by atoms with Gasteiger partial charge in [0.15, 0.2) is 0 Å². The predicted octanol–water partition coefficient (Wildman–Crippen LogP) is 3.04. The fraction of sp³-hybridized carbons (Fsp3) is 0.500. The molecule has 5 nitrogen and oxygen atoms in total. The quantitative estimate of drug-likeness (QED) is 0.899. The van der Waals surface area contributed by atoms with Crippen LogP contribution in [0.1, 0.15) is 34.4 Å². The monoisotopic (exact) mass is 352 g/mol. The number of hydrogen-bond acceptors (Lipinski definition) is 4. The van der Waals surface area contributed by atoms with Gasteiger partial charge in [0.05, 0.1) is 4.34 Å². The van der Waals surface area contributed by atoms with E-state index in [2.05, 4.69) is 28.1 Å². The number of hydrogen-bond donors (Lipinski definition) is 1. The molecule has 1 amide bonds. The molecule has 2 aromatic rings. The summed E-state index contributed by atoms with van der Waals surface area (Å²) in [6.07, 6.45) is 1.97. The number of thiophene rings is 1. The highest BCUT2D eigenvalue weighted by atomic mass is 35.5. The van der Waals surface area contributed by atoms with E-state index in [1.807, 2.05) is 17.0 Å². The summed E-state index contributed by atoms with van der Waals surface area (Å²) in [7, 11) is 0. The van der Waals surface area contributed by atoms with E-state index in [9.17, 15) is 4.79 Å². The minimum absolute atomic E-state index is 0.0300. The number of aromatic nitrogens is 2. The van der Waals surface area contributed by atoms with Crippen molar-refractivity contribution in [2.24, 2.45) is 0 Å². The number of amides is 1. The Kier molecular flexibility index (Phi) is 5.35. The molecule has 0 atom stereocenters. The maximum absolute atomic E-state index is 12.5. The Morgan fingerprint density at radius 3 is 2.78 bits per heavy atom. The molecule has 0 aliphatic carbocycles. The van der Waals surface area contributed by atoms with Gasteiger partial charge in [-0.15, -0.1) is 11.3 Å². The summed E-state index contributed by atoms with van der Waals surface area (Å²) in [5, 5.41) is 7.11. The van der Waals surface area contributed by atoms with Crippen LogP contribution in [0.2, 0.25) is 4.34 Å². The summed E-state index contributed by atoms with van der Waals surface area (Å²) in [5.41, 5.74) is 1.57. The number of nitrogens with one attached hydrogen (secondary N) is 1. The Morgan fingerprint density at radius 1 is 1.35 bits per heavy atom. The van der Waals surface area contributed by atoms with E-state index in [0.717, 1.165) is 55.6 Å². The molecule has 1 N–H and O–H groups in total. The first-order valence-corrected chi connectivity index (χ1v) is 9.15. The molecule has 1 fully saturated rings. The Bertz CT molecular complexity index is 661. The second-order valence-corrected chi connectivity index (χ2v) is 7.60. The van der Waals surface area contributed by atoms with Gasteiger partial charge in [-0.3, -0.25) is 14.8 Å². The highest BCUT2D eigenvalue weighted by Gasteiger charge is 2.24. The zero-order valence-electron chi connectivity index (χ0n) is 13.2. The highest BCUT2D eigenvalue weighted by molar-refractivity contribution is 7.16. The van der Waals surface area contributed by atoms with Gasteiger partial charge < -0.3 is 4.90 Å². The topological polar surface area (TPSA) is 52.2 Å². The first-order valence-electron chi connectivity index (χ1n) is 7.96. The van der Waals surface area contributed by atoms with E-state index in [1.165, 1.54) is 4.88 Å². The molecule has 3 rings (SSSR count). The van der Waals surface area contributed by atoms with Crippen molar-refractivity contribution in [1.29, 1.82) is 0 Å². The van der Waals surface area contributed by atoms with Crippen LogP contribution in [0, 0.1) is 0 Å². The van der Waals surface area contributed by atoms with Crippen LogP contribution < -0.4 is 0 Å². The van der Waals surface area contributed by atoms with Gasteiger partial charge in [-0.2, -0.15) is 5.10 Å². The molecule has 3 heterocycles. The SMILES string of the molecule is CCCc1cc(C(=O)N2CCN(Cc3ccc(Cl)s3)CC2)n[nH]1. The summed E-state index contributed by atoms with van der Waals surface area (Å²) in [4.78, 5) is 18.0. The molecule has 23 heavy (non-hydrogen) atoms. The molecular weight excluding hydrogens is 332 g/mol. The van der Waals surface area contributed by atoms with E-state index in [-0.39, 0.29) is 5.91 Å². The Labute approximate surface area is 145 Å². The lowest BCUT2D eigenvalue weighted by atomic mass is 10.2. The van der Waals surface area contributed by atoms with E-state index < -0.39 is 0 Å². The maximum atomic E-state index is 12.5.